The Morgan fingerprint density at radius 1 is 1.12 bits per heavy atom. The molecule has 1 atom stereocenters. The van der Waals surface area contributed by atoms with E-state index in [1.54, 1.807) is 44.4 Å². The molecule has 262 valence electrons. The molecule has 0 fully saturated rings. The van der Waals surface area contributed by atoms with Crippen LogP contribution in [0.4, 0.5) is 4.79 Å². The Morgan fingerprint density at radius 3 is 2.47 bits per heavy atom. The average molecular weight is 692 g/mol. The summed E-state index contributed by atoms with van der Waals surface area (Å²) < 4.78 is 23.7. The fourth-order valence-corrected chi connectivity index (χ4v) is 11.4. The van der Waals surface area contributed by atoms with Gasteiger partial charge in [0.2, 0.25) is 5.60 Å². The van der Waals surface area contributed by atoms with E-state index in [-0.39, 0.29) is 49.2 Å². The van der Waals surface area contributed by atoms with E-state index in [0.29, 0.717) is 28.6 Å². The van der Waals surface area contributed by atoms with Gasteiger partial charge in [-0.15, -0.1) is 0 Å². The summed E-state index contributed by atoms with van der Waals surface area (Å²) in [5.74, 6) is -1.10. The van der Waals surface area contributed by atoms with Gasteiger partial charge in [-0.05, 0) is 68.1 Å². The number of ether oxygens (including phenoxy) is 4. The second-order valence-electron chi connectivity index (χ2n) is 14.8. The first-order chi connectivity index (χ1) is 22.9. The van der Waals surface area contributed by atoms with E-state index in [1.807, 2.05) is 12.1 Å². The van der Waals surface area contributed by atoms with Gasteiger partial charge in [-0.2, -0.15) is 0 Å². The summed E-state index contributed by atoms with van der Waals surface area (Å²) in [6.45, 7) is 17.1. The number of nitrogens with one attached hydrogen (secondary N) is 1. The first-order valence-corrected chi connectivity index (χ1v) is 19.9. The zero-order valence-corrected chi connectivity index (χ0v) is 30.7. The van der Waals surface area contributed by atoms with Crippen molar-refractivity contribution in [2.45, 2.75) is 105 Å². The largest absolute Gasteiger partial charge is 0.457 e. The third-order valence-corrected chi connectivity index (χ3v) is 12.5. The van der Waals surface area contributed by atoms with Crippen molar-refractivity contribution in [2.24, 2.45) is 5.92 Å². The smallest absolute Gasteiger partial charge is 0.407 e. The number of hydrogen-bond donors (Lipinski definition) is 1. The molecule has 0 aliphatic carbocycles. The maximum absolute atomic E-state index is 14.2. The van der Waals surface area contributed by atoms with Crippen LogP contribution in [0.3, 0.4) is 0 Å². The fraction of sp³-hybridized carbons (Fsp3) is 0.500. The maximum atomic E-state index is 14.2. The van der Waals surface area contributed by atoms with Crippen molar-refractivity contribution >= 4 is 48.2 Å². The van der Waals surface area contributed by atoms with Crippen LogP contribution in [-0.4, -0.2) is 53.8 Å². The number of benzene rings is 1. The van der Waals surface area contributed by atoms with Crippen LogP contribution >= 0.6 is 0 Å². The molecule has 2 aliphatic heterocycles. The zero-order chi connectivity index (χ0) is 36.1. The normalized spacial score (nSPS) is 16.8. The first kappa shape index (κ1) is 35.8. The lowest BCUT2D eigenvalue weighted by Crippen LogP contribution is -2.48. The van der Waals surface area contributed by atoms with Gasteiger partial charge in [-0.1, -0.05) is 39.9 Å². The van der Waals surface area contributed by atoms with Crippen LogP contribution in [0.25, 0.3) is 22.3 Å². The minimum atomic E-state index is -2.20. The third-order valence-electron chi connectivity index (χ3n) is 8.77. The van der Waals surface area contributed by atoms with Crippen LogP contribution in [0.2, 0.25) is 19.1 Å². The van der Waals surface area contributed by atoms with Crippen molar-refractivity contribution in [1.29, 1.82) is 0 Å². The highest BCUT2D eigenvalue weighted by Crippen LogP contribution is 2.41. The first-order valence-electron chi connectivity index (χ1n) is 16.7. The van der Waals surface area contributed by atoms with Gasteiger partial charge in [0.15, 0.2) is 0 Å². The van der Waals surface area contributed by atoms with Gasteiger partial charge in [0.05, 0.1) is 43.5 Å². The molecule has 2 aliphatic rings. The van der Waals surface area contributed by atoms with Gasteiger partial charge >= 0.3 is 24.0 Å². The van der Waals surface area contributed by atoms with Gasteiger partial charge in [-0.3, -0.25) is 14.4 Å². The number of carbonyl (C=O) groups is 4. The predicted octanol–water partition coefficient (Wildman–Crippen LogP) is 5.04. The molecule has 0 bridgehead atoms. The number of carbonyl (C=O) groups excluding carboxylic acids is 4. The topological polar surface area (TPSA) is 152 Å². The third kappa shape index (κ3) is 6.99. The van der Waals surface area contributed by atoms with Crippen molar-refractivity contribution in [3.05, 3.63) is 51.3 Å². The van der Waals surface area contributed by atoms with E-state index >= 15 is 0 Å². The lowest BCUT2D eigenvalue weighted by atomic mass is 9.85. The monoisotopic (exact) mass is 691 g/mol. The number of hydrogen-bond acceptors (Lipinski definition) is 10. The fourth-order valence-electron chi connectivity index (χ4n) is 7.17. The van der Waals surface area contributed by atoms with E-state index in [1.165, 1.54) is 6.92 Å². The molecule has 1 aromatic carbocycles. The molecular formula is C36H45N3O9Si. The van der Waals surface area contributed by atoms with Crippen LogP contribution in [0.15, 0.2) is 29.1 Å². The second kappa shape index (κ2) is 13.1. The molecule has 12 nitrogen and oxygen atoms in total. The highest BCUT2D eigenvalue weighted by atomic mass is 28.3. The Hall–Kier alpha value is -4.52. The summed E-state index contributed by atoms with van der Waals surface area (Å²) >= 11 is 0. The Kier molecular flexibility index (Phi) is 9.54. The van der Waals surface area contributed by atoms with Crippen LogP contribution in [-0.2, 0) is 47.3 Å². The molecule has 0 saturated heterocycles. The number of alkyl carbamates (subject to hydrolysis) is 1. The summed E-state index contributed by atoms with van der Waals surface area (Å²) in [7, 11) is -2.20. The Labute approximate surface area is 286 Å². The number of cyclic esters (lactones) is 1. The summed E-state index contributed by atoms with van der Waals surface area (Å²) in [4.78, 5) is 69.8. The average Bonchev–Trinajstić information content (AvgIpc) is 3.33. The standard InChI is InChI=1S/C36H45N3O9Si/c1-10-36(47-29(41)13-14-37-34(44)48-35(5,6)7)26-16-28-30-24(17-39(28)32(42)25(26)18-45-33(36)43)31(49(8,9)19-20(2)3)23-15-22(46-21(4)40)11-12-27(23)38-30/h11-12,15-16,20H,10,13-14,17-19H2,1-9H3,(H,37,44). The van der Waals surface area contributed by atoms with Crippen LogP contribution in [0.1, 0.15) is 78.0 Å². The van der Waals surface area contributed by atoms with Gasteiger partial charge in [-0.25, -0.2) is 14.6 Å². The zero-order valence-electron chi connectivity index (χ0n) is 29.7. The molecule has 4 heterocycles. The molecule has 5 rings (SSSR count). The van der Waals surface area contributed by atoms with E-state index in [4.69, 9.17) is 23.9 Å². The van der Waals surface area contributed by atoms with Crippen LogP contribution in [0.5, 0.6) is 5.75 Å². The number of pyridine rings is 2. The molecule has 1 unspecified atom stereocenters. The van der Waals surface area contributed by atoms with Crippen molar-refractivity contribution in [3.8, 4) is 17.1 Å². The Balaban J connectivity index is 1.60. The summed E-state index contributed by atoms with van der Waals surface area (Å²) in [6, 6.07) is 8.09. The molecular weight excluding hydrogens is 646 g/mol. The lowest BCUT2D eigenvalue weighted by Gasteiger charge is -2.35. The molecule has 0 radical (unpaired) electrons. The number of nitrogens with zero attached hydrogens (tertiary/aromatic N) is 2. The number of aromatic nitrogens is 2. The molecule has 13 heteroatoms. The Bertz CT molecular complexity index is 1930. The second-order valence-corrected chi connectivity index (χ2v) is 19.5. The maximum Gasteiger partial charge on any atom is 0.407 e. The minimum Gasteiger partial charge on any atom is -0.457 e. The molecule has 49 heavy (non-hydrogen) atoms. The van der Waals surface area contributed by atoms with E-state index < -0.39 is 43.3 Å². The highest BCUT2D eigenvalue weighted by Gasteiger charge is 2.50. The van der Waals surface area contributed by atoms with Crippen molar-refractivity contribution in [3.63, 3.8) is 0 Å². The number of amides is 1. The summed E-state index contributed by atoms with van der Waals surface area (Å²) in [5, 5.41) is 4.54. The molecule has 1 amide bonds. The minimum absolute atomic E-state index is 0.0173. The van der Waals surface area contributed by atoms with E-state index in [0.717, 1.165) is 22.2 Å². The molecule has 0 spiro atoms. The lowest BCUT2D eigenvalue weighted by molar-refractivity contribution is -0.189. The summed E-state index contributed by atoms with van der Waals surface area (Å²) in [5.41, 5.74) is 0.354. The van der Waals surface area contributed by atoms with E-state index in [2.05, 4.69) is 32.3 Å². The van der Waals surface area contributed by atoms with Crippen molar-refractivity contribution in [2.75, 3.05) is 6.54 Å². The van der Waals surface area contributed by atoms with Gasteiger partial charge < -0.3 is 28.8 Å². The van der Waals surface area contributed by atoms with Crippen LogP contribution in [0, 0.1) is 5.92 Å². The van der Waals surface area contributed by atoms with Crippen LogP contribution < -0.4 is 20.8 Å². The molecule has 1 N–H and O–H groups in total. The summed E-state index contributed by atoms with van der Waals surface area (Å²) in [6.07, 6.45) is -0.904. The van der Waals surface area contributed by atoms with Crippen molar-refractivity contribution < 1.29 is 38.1 Å². The van der Waals surface area contributed by atoms with Gasteiger partial charge in [0.1, 0.15) is 18.0 Å². The molecule has 2 aromatic heterocycles. The molecule has 0 saturated carbocycles. The van der Waals surface area contributed by atoms with Crippen molar-refractivity contribution in [1.82, 2.24) is 14.9 Å². The SMILES string of the molecule is CCC1(OC(=O)CCNC(=O)OC(C)(C)C)C(=O)OCc2c1cc1n(c2=O)Cc2c-1nc1ccc(OC(C)=O)cc1c2[Si](C)(C)CC(C)C. The van der Waals surface area contributed by atoms with Gasteiger partial charge in [0.25, 0.3) is 5.56 Å². The Morgan fingerprint density at radius 2 is 1.84 bits per heavy atom. The number of esters is 3. The molecule has 3 aromatic rings. The van der Waals surface area contributed by atoms with Gasteiger partial charge in [0, 0.05) is 24.4 Å². The quantitative estimate of drug-likeness (QED) is 0.109. The number of rotatable bonds is 9. The number of fused-ring (bicyclic) bond motifs is 5. The van der Waals surface area contributed by atoms with E-state index in [9.17, 15) is 24.0 Å². The predicted molar refractivity (Wildman–Crippen MR) is 185 cm³/mol. The highest BCUT2D eigenvalue weighted by molar-refractivity contribution is 6.92.